The summed E-state index contributed by atoms with van der Waals surface area (Å²) >= 11 is 0. The summed E-state index contributed by atoms with van der Waals surface area (Å²) in [5, 5.41) is 10.4. The van der Waals surface area contributed by atoms with Crippen LogP contribution in [0.25, 0.3) is 11.2 Å². The van der Waals surface area contributed by atoms with Gasteiger partial charge in [0.05, 0.1) is 6.33 Å². The summed E-state index contributed by atoms with van der Waals surface area (Å²) in [6.07, 6.45) is -6.48. The summed E-state index contributed by atoms with van der Waals surface area (Å²) in [5.41, 5.74) is 1.77. The van der Waals surface area contributed by atoms with Crippen LogP contribution in [0.5, 0.6) is 0 Å². The number of rotatable bonds is 7. The molecule has 1 saturated carbocycles. The van der Waals surface area contributed by atoms with Crippen LogP contribution in [0.1, 0.15) is 6.23 Å². The van der Waals surface area contributed by atoms with Crippen LogP contribution in [-0.4, -0.2) is 68.2 Å². The number of nitrogens with one attached hydrogen (secondary N) is 1. The Bertz CT molecular complexity index is 1290. The quantitative estimate of drug-likeness (QED) is 0.201. The number of nitrogens with zero attached hydrogens (tertiary/aromatic N) is 3. The smallest absolute Gasteiger partial charge is 0.381 e. The van der Waals surface area contributed by atoms with Gasteiger partial charge in [0.2, 0.25) is 5.95 Å². The number of fused-ring (bicyclic) bond motifs is 2. The molecule has 7 atom stereocenters. The van der Waals surface area contributed by atoms with E-state index < -0.39 is 59.2 Å². The number of H-pyrrole nitrogens is 1. The molecule has 1 saturated heterocycles. The van der Waals surface area contributed by atoms with Crippen molar-refractivity contribution in [2.45, 2.75) is 30.2 Å². The Morgan fingerprint density at radius 3 is 2.44 bits per heavy atom. The lowest BCUT2D eigenvalue weighted by Crippen LogP contribution is -2.34. The number of hydrogen-bond acceptors (Lipinski definition) is 12. The van der Waals surface area contributed by atoms with Crippen LogP contribution in [-0.2, 0) is 31.6 Å². The van der Waals surface area contributed by atoms with E-state index in [2.05, 4.69) is 28.1 Å². The normalized spacial score (nSPS) is 33.6. The summed E-state index contributed by atoms with van der Waals surface area (Å²) in [5.74, 6) is -0.313. The van der Waals surface area contributed by atoms with Gasteiger partial charge < -0.3 is 35.2 Å². The Labute approximate surface area is 174 Å². The molecule has 0 spiro atoms. The van der Waals surface area contributed by atoms with Crippen LogP contribution in [0.4, 0.5) is 10.3 Å². The van der Waals surface area contributed by atoms with Crippen LogP contribution < -0.4 is 11.3 Å². The molecule has 0 bridgehead atoms. The highest BCUT2D eigenvalue weighted by molar-refractivity contribution is 7.66. The van der Waals surface area contributed by atoms with Crippen molar-refractivity contribution in [3.8, 4) is 0 Å². The minimum atomic E-state index is -5.80. The van der Waals surface area contributed by atoms with Gasteiger partial charge in [-0.15, -0.1) is 0 Å². The number of imidazole rings is 1. The average Bonchev–Trinajstić information content (AvgIpc) is 2.88. The number of aliphatic hydroxyl groups is 1. The molecule has 1 aliphatic heterocycles. The van der Waals surface area contributed by atoms with Crippen LogP contribution in [0.2, 0.25) is 0 Å². The van der Waals surface area contributed by atoms with E-state index in [1.807, 2.05) is 0 Å². The van der Waals surface area contributed by atoms with Crippen molar-refractivity contribution in [1.29, 1.82) is 0 Å². The number of nitrogens with two attached hydrogens (primary N) is 1. The molecule has 18 nitrogen and oxygen atoms in total. The molecule has 2 aliphatic rings. The van der Waals surface area contributed by atoms with Gasteiger partial charge in [0.25, 0.3) is 5.56 Å². The van der Waals surface area contributed by atoms with E-state index >= 15 is 0 Å². The number of alkyl halides is 1. The largest absolute Gasteiger partial charge is 0.490 e. The van der Waals surface area contributed by atoms with Crippen molar-refractivity contribution < 1.29 is 60.6 Å². The van der Waals surface area contributed by atoms with E-state index in [9.17, 15) is 32.9 Å². The summed E-state index contributed by atoms with van der Waals surface area (Å²) in [4.78, 5) is 57.2. The fourth-order valence-corrected chi connectivity index (χ4v) is 6.42. The number of nitrogen functional groups attached to an aromatic ring is 1. The topological polar surface area (TPSA) is 279 Å². The molecule has 8 N–H and O–H groups in total. The molecule has 1 aliphatic carbocycles. The second-order valence-corrected chi connectivity index (χ2v) is 11.0. The third-order valence-electron chi connectivity index (χ3n) is 4.44. The van der Waals surface area contributed by atoms with Crippen molar-refractivity contribution in [3.05, 3.63) is 16.7 Å². The first kappa shape index (κ1) is 23.6. The lowest BCUT2D eigenvalue weighted by atomic mass is 10.2. The Kier molecular flexibility index (Phi) is 5.30. The SMILES string of the molecule is Nc1nc2c(ncn2[C@@H]2O[C@@H]3C(OP(=O)(O)OP(=O)(O)OP(=O)(O)O)C3(O)C2F)c(=O)[nH]1. The van der Waals surface area contributed by atoms with Gasteiger partial charge in [-0.1, -0.05) is 0 Å². The molecule has 2 aromatic rings. The summed E-state index contributed by atoms with van der Waals surface area (Å²) < 4.78 is 66.6. The van der Waals surface area contributed by atoms with E-state index in [1.165, 1.54) is 0 Å². The maximum Gasteiger partial charge on any atom is 0.490 e. The maximum absolute atomic E-state index is 15.0. The van der Waals surface area contributed by atoms with E-state index in [0.29, 0.717) is 0 Å². The van der Waals surface area contributed by atoms with Gasteiger partial charge >= 0.3 is 23.5 Å². The molecule has 2 fully saturated rings. The molecule has 5 unspecified atom stereocenters. The van der Waals surface area contributed by atoms with Gasteiger partial charge in [-0.25, -0.2) is 23.1 Å². The molecule has 0 aromatic carbocycles. The van der Waals surface area contributed by atoms with Crippen LogP contribution in [0, 0.1) is 0 Å². The number of anilines is 1. The molecule has 178 valence electrons. The monoisotopic (exact) mass is 523 g/mol. The predicted molar refractivity (Wildman–Crippen MR) is 95.1 cm³/mol. The minimum Gasteiger partial charge on any atom is -0.381 e. The first-order valence-electron chi connectivity index (χ1n) is 8.10. The highest BCUT2D eigenvalue weighted by Crippen LogP contribution is 2.69. The van der Waals surface area contributed by atoms with E-state index in [0.717, 1.165) is 10.9 Å². The second kappa shape index (κ2) is 7.20. The fourth-order valence-electron chi connectivity index (χ4n) is 3.19. The van der Waals surface area contributed by atoms with Gasteiger partial charge in [0, 0.05) is 0 Å². The standard InChI is InChI=1S/C10H13FN5O13P3/c11-3-8(16-1-13-2-6(16)14-9(12)15-7(2)17)26-4-5(10(3,4)18)27-31(22,23)29-32(24,25)28-30(19,20)21/h1,3-5,8,18H,(H,22,23)(H,24,25)(H2,19,20,21)(H3,12,14,15,17)/t3?,4-,5?,8-,10?/m1/s1. The van der Waals surface area contributed by atoms with Crippen LogP contribution in [0.15, 0.2) is 11.1 Å². The molecular weight excluding hydrogens is 510 g/mol. The lowest BCUT2D eigenvalue weighted by molar-refractivity contribution is -0.0597. The third kappa shape index (κ3) is 4.07. The molecule has 0 radical (unpaired) electrons. The van der Waals surface area contributed by atoms with Crippen molar-refractivity contribution >= 4 is 40.6 Å². The van der Waals surface area contributed by atoms with Gasteiger partial charge in [0.1, 0.15) is 12.2 Å². The zero-order valence-corrected chi connectivity index (χ0v) is 17.7. The molecule has 0 amide bonds. The zero-order valence-electron chi connectivity index (χ0n) is 15.0. The number of aromatic amines is 1. The molecule has 32 heavy (non-hydrogen) atoms. The number of halogens is 1. The first-order valence-corrected chi connectivity index (χ1v) is 12.6. The average molecular weight is 523 g/mol. The first-order chi connectivity index (χ1) is 14.5. The summed E-state index contributed by atoms with van der Waals surface area (Å²) in [6, 6.07) is 0. The minimum absolute atomic E-state index is 0.187. The van der Waals surface area contributed by atoms with Gasteiger partial charge in [0.15, 0.2) is 29.2 Å². The number of ether oxygens (including phenoxy) is 1. The van der Waals surface area contributed by atoms with Crippen LogP contribution in [0.3, 0.4) is 0 Å². The van der Waals surface area contributed by atoms with Crippen molar-refractivity contribution in [3.63, 3.8) is 0 Å². The second-order valence-electron chi connectivity index (χ2n) is 6.63. The number of phosphoric ester groups is 1. The number of phosphoric acid groups is 3. The van der Waals surface area contributed by atoms with Crippen molar-refractivity contribution in [2.75, 3.05) is 5.73 Å². The van der Waals surface area contributed by atoms with Crippen molar-refractivity contribution in [1.82, 2.24) is 19.5 Å². The van der Waals surface area contributed by atoms with Crippen LogP contribution >= 0.6 is 23.5 Å². The van der Waals surface area contributed by atoms with Gasteiger partial charge in [-0.2, -0.15) is 13.6 Å². The molecule has 22 heteroatoms. The van der Waals surface area contributed by atoms with E-state index in [4.69, 9.17) is 25.2 Å². The zero-order chi connectivity index (χ0) is 23.9. The van der Waals surface area contributed by atoms with Gasteiger partial charge in [-0.05, 0) is 0 Å². The number of hydrogen-bond donors (Lipinski definition) is 7. The summed E-state index contributed by atoms with van der Waals surface area (Å²) in [7, 11) is -17.0. The van der Waals surface area contributed by atoms with Gasteiger partial charge in [-0.3, -0.25) is 18.9 Å². The summed E-state index contributed by atoms with van der Waals surface area (Å²) in [6.45, 7) is 0. The predicted octanol–water partition coefficient (Wildman–Crippen LogP) is -1.61. The maximum atomic E-state index is 15.0. The lowest BCUT2D eigenvalue weighted by Gasteiger charge is -2.23. The molecular formula is C10H13FN5O13P3. The fraction of sp³-hybridized carbons (Fsp3) is 0.500. The highest BCUT2D eigenvalue weighted by atomic mass is 31.3. The Hall–Kier alpha value is -1.59. The third-order valence-corrected chi connectivity index (χ3v) is 8.26. The number of aromatic nitrogens is 4. The highest BCUT2D eigenvalue weighted by Gasteiger charge is 2.80. The molecule has 2 aromatic heterocycles. The molecule has 3 heterocycles. The Balaban J connectivity index is 1.50. The Morgan fingerprint density at radius 1 is 1.22 bits per heavy atom. The van der Waals surface area contributed by atoms with E-state index in [1.54, 1.807) is 0 Å². The molecule has 4 rings (SSSR count). The van der Waals surface area contributed by atoms with Crippen molar-refractivity contribution in [2.24, 2.45) is 0 Å². The Morgan fingerprint density at radius 2 is 1.88 bits per heavy atom. The van der Waals surface area contributed by atoms with E-state index in [-0.39, 0.29) is 17.1 Å².